The number of hydrogen-bond donors (Lipinski definition) is 1. The van der Waals surface area contributed by atoms with Crippen molar-refractivity contribution in [3.63, 3.8) is 0 Å². The van der Waals surface area contributed by atoms with Crippen LogP contribution in [0.15, 0.2) is 21.8 Å². The fourth-order valence-corrected chi connectivity index (χ4v) is 4.13. The molecule has 0 aromatic rings. The zero-order valence-electron chi connectivity index (χ0n) is 10.2. The Morgan fingerprint density at radius 3 is 2.71 bits per heavy atom. The van der Waals surface area contributed by atoms with Crippen LogP contribution < -0.4 is 5.32 Å². The minimum Gasteiger partial charge on any atom is -0.337 e. The lowest BCUT2D eigenvalue weighted by Crippen LogP contribution is -2.47. The Balaban J connectivity index is 2.51. The van der Waals surface area contributed by atoms with E-state index in [-0.39, 0.29) is 9.45 Å². The van der Waals surface area contributed by atoms with Crippen LogP contribution in [0.5, 0.6) is 0 Å². The molecule has 0 heterocycles. The molecule has 0 aromatic heterocycles. The van der Waals surface area contributed by atoms with Crippen molar-refractivity contribution >= 4 is 51.1 Å². The van der Waals surface area contributed by atoms with Crippen molar-refractivity contribution in [2.45, 2.75) is 23.8 Å². The Morgan fingerprint density at radius 2 is 2.18 bits per heavy atom. The van der Waals surface area contributed by atoms with Crippen LogP contribution in [0.1, 0.15) is 20.3 Å². The summed E-state index contributed by atoms with van der Waals surface area (Å²) in [6.07, 6.45) is 7.01. The molecule has 5 heteroatoms. The molecule has 0 aromatic carbocycles. The van der Waals surface area contributed by atoms with Crippen LogP contribution in [0.4, 0.5) is 0 Å². The largest absolute Gasteiger partial charge is 0.337 e. The lowest BCUT2D eigenvalue weighted by molar-refractivity contribution is -0.122. The van der Waals surface area contributed by atoms with Crippen molar-refractivity contribution in [3.8, 4) is 0 Å². The normalized spacial score (nSPS) is 23.7. The summed E-state index contributed by atoms with van der Waals surface area (Å²) < 4.78 is 1.01. The summed E-state index contributed by atoms with van der Waals surface area (Å²) in [7, 11) is 0. The van der Waals surface area contributed by atoms with Gasteiger partial charge in [0, 0.05) is 6.42 Å². The molecule has 17 heavy (non-hydrogen) atoms. The molecule has 1 aliphatic rings. The molecule has 0 saturated carbocycles. The third-order valence-electron chi connectivity index (χ3n) is 2.67. The smallest absolute Gasteiger partial charge is 0.235 e. The number of rotatable bonds is 5. The second-order valence-electron chi connectivity index (χ2n) is 4.02. The first-order chi connectivity index (χ1) is 7.99. The monoisotopic (exact) mass is 460 g/mol. The fraction of sp³-hybridized carbons (Fsp3) is 0.583. The Morgan fingerprint density at radius 1 is 1.53 bits per heavy atom. The van der Waals surface area contributed by atoms with Gasteiger partial charge in [-0.1, -0.05) is 26.0 Å². The van der Waals surface area contributed by atoms with E-state index in [1.54, 1.807) is 0 Å². The summed E-state index contributed by atoms with van der Waals surface area (Å²) in [5, 5.41) is 3.10. The van der Waals surface area contributed by atoms with Crippen LogP contribution in [0.2, 0.25) is 0 Å². The number of carbonyl (C=O) groups is 1. The van der Waals surface area contributed by atoms with Gasteiger partial charge < -0.3 is 5.32 Å². The number of alkyl halides is 1. The average molecular weight is 460 g/mol. The molecule has 1 atom stereocenters. The lowest BCUT2D eigenvalue weighted by atomic mass is 10.1. The van der Waals surface area contributed by atoms with Crippen LogP contribution >= 0.6 is 45.2 Å². The number of nitrogens with one attached hydrogen (secondary N) is 1. The van der Waals surface area contributed by atoms with E-state index < -0.39 is 0 Å². The highest BCUT2D eigenvalue weighted by molar-refractivity contribution is 14.1. The molecule has 0 spiro atoms. The number of carbonyl (C=O) groups excluding carboxylic acids is 1. The highest BCUT2D eigenvalue weighted by Crippen LogP contribution is 2.32. The van der Waals surface area contributed by atoms with Gasteiger partial charge in [0.1, 0.15) is 3.55 Å². The molecule has 0 bridgehead atoms. The van der Waals surface area contributed by atoms with E-state index in [0.29, 0.717) is 6.54 Å². The van der Waals surface area contributed by atoms with Crippen LogP contribution in [0.25, 0.3) is 0 Å². The first-order valence-corrected chi connectivity index (χ1v) is 7.91. The highest BCUT2D eigenvalue weighted by atomic mass is 127. The molecular weight excluding hydrogens is 442 g/mol. The number of nitrogens with zero attached hydrogens (tertiary/aromatic N) is 1. The molecule has 0 aliphatic heterocycles. The van der Waals surface area contributed by atoms with E-state index >= 15 is 0 Å². The lowest BCUT2D eigenvalue weighted by Gasteiger charge is -2.29. The maximum absolute atomic E-state index is 11.9. The van der Waals surface area contributed by atoms with Crippen molar-refractivity contribution in [2.75, 3.05) is 19.6 Å². The zero-order valence-corrected chi connectivity index (χ0v) is 14.5. The molecule has 1 unspecified atom stereocenters. The molecular formula is C12H18I2N2O. The van der Waals surface area contributed by atoms with E-state index in [1.807, 2.05) is 6.08 Å². The van der Waals surface area contributed by atoms with E-state index in [1.165, 1.54) is 3.58 Å². The predicted molar refractivity (Wildman–Crippen MR) is 88.5 cm³/mol. The Labute approximate surface area is 130 Å². The third-order valence-corrected chi connectivity index (χ3v) is 4.42. The average Bonchev–Trinajstić information content (AvgIpc) is 2.24. The van der Waals surface area contributed by atoms with Crippen LogP contribution in [0, 0.1) is 0 Å². The maximum atomic E-state index is 11.9. The van der Waals surface area contributed by atoms with E-state index in [0.717, 1.165) is 19.5 Å². The van der Waals surface area contributed by atoms with Gasteiger partial charge in [-0.3, -0.25) is 9.69 Å². The van der Waals surface area contributed by atoms with Gasteiger partial charge in [0.2, 0.25) is 5.91 Å². The first kappa shape index (κ1) is 15.4. The molecule has 1 aliphatic carbocycles. The quantitative estimate of drug-likeness (QED) is 0.389. The van der Waals surface area contributed by atoms with Gasteiger partial charge in [0.05, 0.1) is 6.54 Å². The van der Waals surface area contributed by atoms with Gasteiger partial charge in [-0.2, -0.15) is 0 Å². The minimum atomic E-state index is -0.257. The Bertz CT molecular complexity index is 337. The van der Waals surface area contributed by atoms with E-state index in [2.05, 4.69) is 81.4 Å². The van der Waals surface area contributed by atoms with Gasteiger partial charge >= 0.3 is 0 Å². The van der Waals surface area contributed by atoms with Crippen molar-refractivity contribution in [1.29, 1.82) is 0 Å². The summed E-state index contributed by atoms with van der Waals surface area (Å²) >= 11 is 4.62. The van der Waals surface area contributed by atoms with Crippen LogP contribution in [-0.4, -0.2) is 34.0 Å². The summed E-state index contributed by atoms with van der Waals surface area (Å²) in [5.41, 5.74) is 0. The number of hydrogen-bond acceptors (Lipinski definition) is 2. The number of amides is 1. The summed E-state index contributed by atoms with van der Waals surface area (Å²) in [6.45, 7) is 6.44. The zero-order chi connectivity index (χ0) is 12.9. The van der Waals surface area contributed by atoms with Gasteiger partial charge in [-0.25, -0.2) is 0 Å². The topological polar surface area (TPSA) is 32.3 Å². The van der Waals surface area contributed by atoms with Crippen molar-refractivity contribution in [1.82, 2.24) is 10.2 Å². The maximum Gasteiger partial charge on any atom is 0.235 e. The van der Waals surface area contributed by atoms with E-state index in [9.17, 15) is 4.79 Å². The standard InChI is InChI=1S/C12H18I2N2O/c1-3-16(4-2)9-11(17)15-12(14)7-5-6-10(13)8-12/h5-7H,3-4,8-9H2,1-2H3,(H,15,17). The third kappa shape index (κ3) is 5.25. The van der Waals surface area contributed by atoms with Crippen molar-refractivity contribution in [2.24, 2.45) is 0 Å². The molecule has 0 saturated heterocycles. The van der Waals surface area contributed by atoms with Gasteiger partial charge in [0.15, 0.2) is 0 Å². The number of allylic oxidation sites excluding steroid dienone is 2. The molecule has 0 fully saturated rings. The van der Waals surface area contributed by atoms with E-state index in [4.69, 9.17) is 0 Å². The predicted octanol–water partition coefficient (Wildman–Crippen LogP) is 2.85. The molecule has 1 amide bonds. The highest BCUT2D eigenvalue weighted by Gasteiger charge is 2.28. The molecule has 1 rings (SSSR count). The molecule has 96 valence electrons. The van der Waals surface area contributed by atoms with Gasteiger partial charge in [-0.05, 0) is 67.9 Å². The molecule has 0 radical (unpaired) electrons. The summed E-state index contributed by atoms with van der Waals surface area (Å²) in [5.74, 6) is 0.0962. The fourth-order valence-electron chi connectivity index (χ4n) is 1.68. The number of halogens is 2. The van der Waals surface area contributed by atoms with Gasteiger partial charge in [-0.15, -0.1) is 0 Å². The second-order valence-corrected chi connectivity index (χ2v) is 7.33. The molecule has 1 N–H and O–H groups in total. The van der Waals surface area contributed by atoms with Gasteiger partial charge in [0.25, 0.3) is 0 Å². The van der Waals surface area contributed by atoms with Crippen LogP contribution in [0.3, 0.4) is 0 Å². The van der Waals surface area contributed by atoms with Crippen molar-refractivity contribution in [3.05, 3.63) is 21.8 Å². The summed E-state index contributed by atoms with van der Waals surface area (Å²) in [6, 6.07) is 0. The van der Waals surface area contributed by atoms with Crippen LogP contribution in [-0.2, 0) is 4.79 Å². The Hall–Kier alpha value is 0.370. The first-order valence-electron chi connectivity index (χ1n) is 5.75. The Kier molecular flexibility index (Phi) is 6.43. The SMILES string of the molecule is CCN(CC)CC(=O)NC1(I)C=CC=C(I)C1. The van der Waals surface area contributed by atoms with Crippen molar-refractivity contribution < 1.29 is 4.79 Å². The molecule has 3 nitrogen and oxygen atoms in total. The second kappa shape index (κ2) is 7.08. The number of likely N-dealkylation sites (N-methyl/N-ethyl adjacent to an activating group) is 1. The minimum absolute atomic E-state index is 0.0962. The summed E-state index contributed by atoms with van der Waals surface area (Å²) in [4.78, 5) is 14.1.